The second-order valence-electron chi connectivity index (χ2n) is 9.36. The second kappa shape index (κ2) is 23.3. The molecule has 6 aromatic carbocycles. The fourth-order valence-corrected chi connectivity index (χ4v) is 4.74. The van der Waals surface area contributed by atoms with Gasteiger partial charge in [-0.3, -0.25) is 0 Å². The first-order valence-corrected chi connectivity index (χ1v) is 13.4. The molecule has 0 fully saturated rings. The predicted octanol–water partition coefficient (Wildman–Crippen LogP) is 12.6. The summed E-state index contributed by atoms with van der Waals surface area (Å²) in [6.45, 7) is 8.41. The van der Waals surface area contributed by atoms with Crippen molar-refractivity contribution in [3.63, 3.8) is 0 Å². The molecule has 0 spiro atoms. The molecule has 0 N–H and O–H groups in total. The van der Waals surface area contributed by atoms with Crippen LogP contribution in [0.1, 0.15) is 38.8 Å². The van der Waals surface area contributed by atoms with Gasteiger partial charge in [0.25, 0.3) is 0 Å². The first-order valence-electron chi connectivity index (χ1n) is 13.4. The van der Waals surface area contributed by atoms with E-state index in [1.54, 1.807) is 0 Å². The van der Waals surface area contributed by atoms with Crippen molar-refractivity contribution in [1.82, 2.24) is 0 Å². The van der Waals surface area contributed by atoms with Crippen LogP contribution in [0.15, 0.2) is 121 Å². The van der Waals surface area contributed by atoms with E-state index in [0.717, 1.165) is 12.8 Å². The van der Waals surface area contributed by atoms with Gasteiger partial charge in [-0.15, -0.1) is 69.1 Å². The molecule has 224 valence electrons. The first-order chi connectivity index (χ1) is 18.2. The summed E-state index contributed by atoms with van der Waals surface area (Å²) in [6, 6.07) is 43.5. The SMILES string of the molecule is CCc1cc2c(-c3ccccc3)cccc2[cH-]1.CCc1cc2c(-c3ccccc3)cccc2[cH-]1.C[CH-]C.[CH3-].[CH3-].[CH3-].[CH3-].[Hf+4].[Hf]. The van der Waals surface area contributed by atoms with Crippen LogP contribution in [0.2, 0.25) is 0 Å². The Balaban J connectivity index is -0.000000605. The standard InChI is InChI=1S/2C17H15.C3H7.4CH3.2Hf/c2*1-2-13-11-15-9-6-10-16(17(15)12-13)14-7-4-3-5-8-14;1-3-2;;;;;;/h2*3-12H,2H2,1H3;3H,1-2H3;4*1H3;;/q7*-1;;+4. The largest absolute Gasteiger partial charge is 4.00 e. The summed E-state index contributed by atoms with van der Waals surface area (Å²) in [5.74, 6) is 0. The van der Waals surface area contributed by atoms with Gasteiger partial charge < -0.3 is 36.1 Å². The fourth-order valence-electron chi connectivity index (χ4n) is 4.74. The van der Waals surface area contributed by atoms with Gasteiger partial charge in [-0.2, -0.15) is 26.0 Å². The summed E-state index contributed by atoms with van der Waals surface area (Å²) in [5.41, 5.74) is 8.11. The topological polar surface area (TPSA) is 0 Å². The van der Waals surface area contributed by atoms with Crippen LogP contribution < -0.4 is 0 Å². The van der Waals surface area contributed by atoms with Crippen molar-refractivity contribution in [3.05, 3.63) is 169 Å². The van der Waals surface area contributed by atoms with E-state index in [1.165, 1.54) is 54.9 Å². The number of hydrogen-bond acceptors (Lipinski definition) is 0. The molecule has 0 nitrogen and oxygen atoms in total. The summed E-state index contributed by atoms with van der Waals surface area (Å²) in [5, 5.41) is 5.44. The molecule has 43 heavy (non-hydrogen) atoms. The Hall–Kier alpha value is -2.16. The summed E-state index contributed by atoms with van der Waals surface area (Å²) in [7, 11) is 0. The molecule has 6 rings (SSSR count). The van der Waals surface area contributed by atoms with Gasteiger partial charge in [0, 0.05) is 25.8 Å². The molecule has 0 atom stereocenters. The number of benzene rings is 4. The Kier molecular flexibility index (Phi) is 24.5. The van der Waals surface area contributed by atoms with Crippen LogP contribution in [0, 0.1) is 36.1 Å². The van der Waals surface area contributed by atoms with E-state index in [1.807, 2.05) is 20.3 Å². The van der Waals surface area contributed by atoms with Gasteiger partial charge in [0.2, 0.25) is 0 Å². The maximum Gasteiger partial charge on any atom is 4.00 e. The van der Waals surface area contributed by atoms with E-state index in [2.05, 4.69) is 135 Å². The van der Waals surface area contributed by atoms with Crippen LogP contribution in [0.4, 0.5) is 0 Å². The van der Waals surface area contributed by atoms with Crippen LogP contribution in [0.5, 0.6) is 0 Å². The normalized spacial score (nSPS) is 9.02. The molecule has 0 aromatic heterocycles. The van der Waals surface area contributed by atoms with Crippen molar-refractivity contribution in [3.8, 4) is 22.3 Å². The van der Waals surface area contributed by atoms with E-state index in [9.17, 15) is 0 Å². The molecular formula is C41H49Hf2-3. The third-order valence-corrected chi connectivity index (χ3v) is 6.61. The summed E-state index contributed by atoms with van der Waals surface area (Å²) >= 11 is 0. The Morgan fingerprint density at radius 1 is 0.512 bits per heavy atom. The van der Waals surface area contributed by atoms with Crippen LogP contribution in [-0.2, 0) is 64.5 Å². The number of hydrogen-bond donors (Lipinski definition) is 0. The van der Waals surface area contributed by atoms with Crippen LogP contribution in [0.3, 0.4) is 0 Å². The molecule has 0 unspecified atom stereocenters. The molecule has 0 aliphatic rings. The van der Waals surface area contributed by atoms with Gasteiger partial charge in [0.1, 0.15) is 0 Å². The fraction of sp³-hybridized carbons (Fsp3) is 0.146. The van der Waals surface area contributed by atoms with Crippen molar-refractivity contribution in [1.29, 1.82) is 0 Å². The predicted molar refractivity (Wildman–Crippen MR) is 190 cm³/mol. The van der Waals surface area contributed by atoms with E-state index in [-0.39, 0.29) is 81.4 Å². The number of aryl methyl sites for hydroxylation is 2. The molecule has 0 amide bonds. The van der Waals surface area contributed by atoms with Crippen LogP contribution in [0.25, 0.3) is 43.8 Å². The molecule has 0 saturated carbocycles. The second-order valence-corrected chi connectivity index (χ2v) is 9.36. The molecule has 0 saturated heterocycles. The number of fused-ring (bicyclic) bond motifs is 2. The van der Waals surface area contributed by atoms with Crippen LogP contribution in [-0.4, -0.2) is 0 Å². The van der Waals surface area contributed by atoms with Crippen molar-refractivity contribution in [2.75, 3.05) is 0 Å². The van der Waals surface area contributed by atoms with Gasteiger partial charge in [0.05, 0.1) is 0 Å². The molecule has 0 heterocycles. The molecular weight excluding hydrogens is 849 g/mol. The van der Waals surface area contributed by atoms with Gasteiger partial charge in [-0.1, -0.05) is 97.8 Å². The van der Waals surface area contributed by atoms with Crippen molar-refractivity contribution in [2.24, 2.45) is 0 Å². The Labute approximate surface area is 302 Å². The third kappa shape index (κ3) is 11.7. The quantitative estimate of drug-likeness (QED) is 0.122. The maximum absolute atomic E-state index is 2.32. The van der Waals surface area contributed by atoms with Crippen molar-refractivity contribution >= 4 is 21.5 Å². The van der Waals surface area contributed by atoms with Gasteiger partial charge in [-0.05, 0) is 24.0 Å². The van der Waals surface area contributed by atoms with Gasteiger partial charge in [0.15, 0.2) is 0 Å². The monoisotopic (exact) mass is 901 g/mol. The van der Waals surface area contributed by atoms with E-state index in [0.29, 0.717) is 0 Å². The van der Waals surface area contributed by atoms with Crippen molar-refractivity contribution < 1.29 is 51.7 Å². The Morgan fingerprint density at radius 3 is 1.14 bits per heavy atom. The molecule has 0 aliphatic heterocycles. The minimum Gasteiger partial charge on any atom is -0.358 e. The molecule has 2 heteroatoms. The Morgan fingerprint density at radius 2 is 0.837 bits per heavy atom. The molecule has 6 aromatic rings. The van der Waals surface area contributed by atoms with E-state index >= 15 is 0 Å². The maximum atomic E-state index is 2.32. The zero-order valence-corrected chi connectivity index (χ0v) is 34.7. The zero-order chi connectivity index (χ0) is 26.0. The van der Waals surface area contributed by atoms with Crippen LogP contribution >= 0.6 is 0 Å². The van der Waals surface area contributed by atoms with Gasteiger partial charge >= 0.3 is 25.8 Å². The van der Waals surface area contributed by atoms with E-state index in [4.69, 9.17) is 0 Å². The molecule has 0 aliphatic carbocycles. The molecule has 0 bridgehead atoms. The minimum absolute atomic E-state index is 0. The smallest absolute Gasteiger partial charge is 0.358 e. The number of rotatable bonds is 4. The summed E-state index contributed by atoms with van der Waals surface area (Å²) in [6.07, 6.45) is 4.20. The van der Waals surface area contributed by atoms with Gasteiger partial charge in [-0.25, -0.2) is 0 Å². The Bertz CT molecular complexity index is 1400. The van der Waals surface area contributed by atoms with Crippen molar-refractivity contribution in [2.45, 2.75) is 40.5 Å². The summed E-state index contributed by atoms with van der Waals surface area (Å²) in [4.78, 5) is 0. The summed E-state index contributed by atoms with van der Waals surface area (Å²) < 4.78 is 0. The van der Waals surface area contributed by atoms with E-state index < -0.39 is 0 Å². The minimum atomic E-state index is 0. The average molecular weight is 899 g/mol. The first kappa shape index (κ1) is 45.3. The average Bonchev–Trinajstić information content (AvgIpc) is 3.58. The third-order valence-electron chi connectivity index (χ3n) is 6.61. The zero-order valence-electron chi connectivity index (χ0n) is 27.5. The molecule has 0 radical (unpaired) electrons.